The second kappa shape index (κ2) is 6.93. The van der Waals surface area contributed by atoms with Crippen molar-refractivity contribution in [2.45, 2.75) is 70.4 Å². The van der Waals surface area contributed by atoms with Crippen LogP contribution in [-0.4, -0.2) is 17.7 Å². The molecule has 2 heteroatoms. The largest absolute Gasteiger partial charge is 0.387 e. The summed E-state index contributed by atoms with van der Waals surface area (Å²) in [6, 6.07) is 7.19. The summed E-state index contributed by atoms with van der Waals surface area (Å²) in [6.07, 6.45) is 9.92. The third-order valence-electron chi connectivity index (χ3n) is 5.44. The molecule has 0 bridgehead atoms. The van der Waals surface area contributed by atoms with Crippen molar-refractivity contribution in [2.75, 3.05) is 6.54 Å². The average Bonchev–Trinajstić information content (AvgIpc) is 2.53. The molecule has 0 spiro atoms. The number of fused-ring (bicyclic) bond motifs is 1. The Morgan fingerprint density at radius 1 is 1.10 bits per heavy atom. The molecule has 21 heavy (non-hydrogen) atoms. The van der Waals surface area contributed by atoms with Crippen LogP contribution in [0.1, 0.15) is 68.2 Å². The molecule has 0 aromatic heterocycles. The van der Waals surface area contributed by atoms with Crippen LogP contribution >= 0.6 is 0 Å². The van der Waals surface area contributed by atoms with Crippen LogP contribution in [0.25, 0.3) is 0 Å². The highest BCUT2D eigenvalue weighted by molar-refractivity contribution is 5.34. The zero-order valence-electron chi connectivity index (χ0n) is 13.3. The fraction of sp³-hybridized carbons (Fsp3) is 0.684. The Kier molecular flexibility index (Phi) is 4.97. The zero-order valence-corrected chi connectivity index (χ0v) is 13.3. The number of aryl methyl sites for hydroxylation is 2. The third kappa shape index (κ3) is 3.67. The first-order valence-corrected chi connectivity index (χ1v) is 8.77. The molecule has 2 N–H and O–H groups in total. The Hall–Kier alpha value is -0.860. The van der Waals surface area contributed by atoms with Gasteiger partial charge in [-0.25, -0.2) is 0 Å². The van der Waals surface area contributed by atoms with Crippen LogP contribution in [0.15, 0.2) is 18.2 Å². The minimum atomic E-state index is -0.369. The van der Waals surface area contributed by atoms with Crippen LogP contribution in [0.3, 0.4) is 0 Å². The summed E-state index contributed by atoms with van der Waals surface area (Å²) in [5.41, 5.74) is 4.04. The van der Waals surface area contributed by atoms with Crippen molar-refractivity contribution in [3.63, 3.8) is 0 Å². The Bertz CT molecular complexity index is 471. The van der Waals surface area contributed by atoms with Gasteiger partial charge in [-0.05, 0) is 61.1 Å². The smallest absolute Gasteiger partial charge is 0.0914 e. The van der Waals surface area contributed by atoms with Gasteiger partial charge in [-0.3, -0.25) is 0 Å². The maximum Gasteiger partial charge on any atom is 0.0914 e. The van der Waals surface area contributed by atoms with Crippen molar-refractivity contribution in [3.05, 3.63) is 34.9 Å². The van der Waals surface area contributed by atoms with E-state index >= 15 is 0 Å². The molecule has 3 atom stereocenters. The highest BCUT2D eigenvalue weighted by atomic mass is 16.3. The fourth-order valence-electron chi connectivity index (χ4n) is 3.96. The minimum Gasteiger partial charge on any atom is -0.387 e. The van der Waals surface area contributed by atoms with Crippen LogP contribution in [0, 0.1) is 5.92 Å². The summed E-state index contributed by atoms with van der Waals surface area (Å²) < 4.78 is 0. The Balaban J connectivity index is 1.58. The van der Waals surface area contributed by atoms with Gasteiger partial charge in [0.2, 0.25) is 0 Å². The number of benzene rings is 1. The van der Waals surface area contributed by atoms with Gasteiger partial charge >= 0.3 is 0 Å². The van der Waals surface area contributed by atoms with E-state index in [0.717, 1.165) is 11.5 Å². The highest BCUT2D eigenvalue weighted by Gasteiger charge is 2.22. The van der Waals surface area contributed by atoms with Crippen LogP contribution in [0.2, 0.25) is 0 Å². The van der Waals surface area contributed by atoms with Gasteiger partial charge < -0.3 is 10.4 Å². The van der Waals surface area contributed by atoms with Crippen LogP contribution in [0.4, 0.5) is 0 Å². The third-order valence-corrected chi connectivity index (χ3v) is 5.44. The molecule has 2 aliphatic carbocycles. The lowest BCUT2D eigenvalue weighted by Crippen LogP contribution is -2.39. The van der Waals surface area contributed by atoms with Crippen molar-refractivity contribution >= 4 is 0 Å². The standard InChI is InChI=1S/C19H29NO/c1-14-6-2-5-9-18(14)20-13-19(21)17-11-10-15-7-3-4-8-16(15)12-17/h10-12,14,18-21H,2-9,13H2,1H3. The summed E-state index contributed by atoms with van der Waals surface area (Å²) in [6.45, 7) is 3.02. The number of nitrogens with one attached hydrogen (secondary N) is 1. The molecule has 0 amide bonds. The quantitative estimate of drug-likeness (QED) is 0.883. The van der Waals surface area contributed by atoms with E-state index in [1.165, 1.54) is 62.5 Å². The van der Waals surface area contributed by atoms with Crippen LogP contribution in [-0.2, 0) is 12.8 Å². The lowest BCUT2D eigenvalue weighted by atomic mass is 9.85. The Labute approximate surface area is 129 Å². The zero-order chi connectivity index (χ0) is 14.7. The van der Waals surface area contributed by atoms with Crippen molar-refractivity contribution in [1.82, 2.24) is 5.32 Å². The monoisotopic (exact) mass is 287 g/mol. The van der Waals surface area contributed by atoms with Gasteiger partial charge in [0.05, 0.1) is 6.10 Å². The summed E-state index contributed by atoms with van der Waals surface area (Å²) in [5, 5.41) is 14.1. The topological polar surface area (TPSA) is 32.3 Å². The van der Waals surface area contributed by atoms with E-state index in [1.807, 2.05) is 0 Å². The van der Waals surface area contributed by atoms with E-state index in [9.17, 15) is 5.11 Å². The van der Waals surface area contributed by atoms with Gasteiger partial charge in [-0.15, -0.1) is 0 Å². The van der Waals surface area contributed by atoms with Gasteiger partial charge in [-0.1, -0.05) is 38.0 Å². The molecular weight excluding hydrogens is 258 g/mol. The molecule has 2 aliphatic rings. The van der Waals surface area contributed by atoms with Crippen molar-refractivity contribution in [2.24, 2.45) is 5.92 Å². The van der Waals surface area contributed by atoms with E-state index in [1.54, 1.807) is 0 Å². The van der Waals surface area contributed by atoms with E-state index in [-0.39, 0.29) is 6.10 Å². The number of hydrogen-bond donors (Lipinski definition) is 2. The number of rotatable bonds is 4. The first-order chi connectivity index (χ1) is 10.2. The second-order valence-corrected chi connectivity index (χ2v) is 7.03. The number of aliphatic hydroxyl groups excluding tert-OH is 1. The highest BCUT2D eigenvalue weighted by Crippen LogP contribution is 2.26. The molecule has 1 saturated carbocycles. The SMILES string of the molecule is CC1CCCCC1NCC(O)c1ccc2c(c1)CCCC2. The van der Waals surface area contributed by atoms with Gasteiger partial charge in [0.25, 0.3) is 0 Å². The van der Waals surface area contributed by atoms with Gasteiger partial charge in [-0.2, -0.15) is 0 Å². The summed E-state index contributed by atoms with van der Waals surface area (Å²) in [4.78, 5) is 0. The van der Waals surface area contributed by atoms with Crippen molar-refractivity contribution in [3.8, 4) is 0 Å². The molecule has 0 saturated heterocycles. The van der Waals surface area contributed by atoms with E-state index in [2.05, 4.69) is 30.4 Å². The molecule has 1 aromatic carbocycles. The summed E-state index contributed by atoms with van der Waals surface area (Å²) >= 11 is 0. The molecular formula is C19H29NO. The van der Waals surface area contributed by atoms with Gasteiger partial charge in [0.1, 0.15) is 0 Å². The number of hydrogen-bond acceptors (Lipinski definition) is 2. The Morgan fingerprint density at radius 3 is 2.67 bits per heavy atom. The molecule has 1 fully saturated rings. The molecule has 3 unspecified atom stereocenters. The van der Waals surface area contributed by atoms with E-state index in [0.29, 0.717) is 12.6 Å². The van der Waals surface area contributed by atoms with Gasteiger partial charge in [0.15, 0.2) is 0 Å². The predicted octanol–water partition coefficient (Wildman–Crippen LogP) is 3.77. The summed E-state index contributed by atoms with van der Waals surface area (Å²) in [5.74, 6) is 0.745. The van der Waals surface area contributed by atoms with E-state index in [4.69, 9.17) is 0 Å². The molecule has 116 valence electrons. The lowest BCUT2D eigenvalue weighted by Gasteiger charge is -2.30. The van der Waals surface area contributed by atoms with Crippen molar-refractivity contribution in [1.29, 1.82) is 0 Å². The van der Waals surface area contributed by atoms with E-state index < -0.39 is 0 Å². The van der Waals surface area contributed by atoms with Crippen LogP contribution in [0.5, 0.6) is 0 Å². The molecule has 0 radical (unpaired) electrons. The first kappa shape index (κ1) is 15.1. The fourth-order valence-corrected chi connectivity index (χ4v) is 3.96. The van der Waals surface area contributed by atoms with Crippen LogP contribution < -0.4 is 5.32 Å². The minimum absolute atomic E-state index is 0.369. The Morgan fingerprint density at radius 2 is 1.86 bits per heavy atom. The van der Waals surface area contributed by atoms with Crippen molar-refractivity contribution < 1.29 is 5.11 Å². The summed E-state index contributed by atoms with van der Waals surface area (Å²) in [7, 11) is 0. The number of aliphatic hydroxyl groups is 1. The first-order valence-electron chi connectivity index (χ1n) is 8.77. The molecule has 3 rings (SSSR count). The normalized spacial score (nSPS) is 27.1. The molecule has 2 nitrogen and oxygen atoms in total. The average molecular weight is 287 g/mol. The van der Waals surface area contributed by atoms with Gasteiger partial charge in [0, 0.05) is 12.6 Å². The molecule has 0 aliphatic heterocycles. The lowest BCUT2D eigenvalue weighted by molar-refractivity contribution is 0.157. The maximum atomic E-state index is 10.5. The molecule has 0 heterocycles. The second-order valence-electron chi connectivity index (χ2n) is 7.03. The predicted molar refractivity (Wildman–Crippen MR) is 87.5 cm³/mol. The maximum absolute atomic E-state index is 10.5. The molecule has 1 aromatic rings.